The minimum atomic E-state index is 0.430. The van der Waals surface area contributed by atoms with Gasteiger partial charge in [0.1, 0.15) is 5.78 Å². The van der Waals surface area contributed by atoms with Gasteiger partial charge in [-0.15, -0.1) is 0 Å². The van der Waals surface area contributed by atoms with Gasteiger partial charge in [-0.05, 0) is 54.8 Å². The zero-order valence-electron chi connectivity index (χ0n) is 10.9. The van der Waals surface area contributed by atoms with Crippen LogP contribution < -0.4 is 0 Å². The molecule has 2 bridgehead atoms. The molecule has 0 amide bonds. The maximum absolute atomic E-state index is 12.1. The molecule has 0 aromatic carbocycles. The second kappa shape index (κ2) is 3.11. The molecule has 3 aliphatic rings. The summed E-state index contributed by atoms with van der Waals surface area (Å²) < 4.78 is 0. The van der Waals surface area contributed by atoms with E-state index in [9.17, 15) is 4.79 Å². The van der Waals surface area contributed by atoms with E-state index in [4.69, 9.17) is 0 Å². The van der Waals surface area contributed by atoms with E-state index in [-0.39, 0.29) is 0 Å². The SMILES string of the molecule is CC12CCC(=O)C(C1)C1CC(C)(C)C1CC2. The van der Waals surface area contributed by atoms with Gasteiger partial charge in [-0.2, -0.15) is 0 Å². The number of rotatable bonds is 0. The summed E-state index contributed by atoms with van der Waals surface area (Å²) in [6.45, 7) is 7.22. The van der Waals surface area contributed by atoms with Crippen molar-refractivity contribution >= 4 is 5.78 Å². The van der Waals surface area contributed by atoms with Gasteiger partial charge in [0.25, 0.3) is 0 Å². The van der Waals surface area contributed by atoms with Crippen LogP contribution in [-0.4, -0.2) is 5.78 Å². The molecule has 3 aliphatic carbocycles. The van der Waals surface area contributed by atoms with Crippen molar-refractivity contribution in [3.8, 4) is 0 Å². The van der Waals surface area contributed by atoms with Crippen LogP contribution in [0.15, 0.2) is 0 Å². The molecule has 0 aromatic heterocycles. The summed E-state index contributed by atoms with van der Waals surface area (Å²) in [6, 6.07) is 0. The van der Waals surface area contributed by atoms with Crippen molar-refractivity contribution in [1.82, 2.24) is 0 Å². The van der Waals surface area contributed by atoms with Crippen LogP contribution in [0.1, 0.15) is 59.3 Å². The van der Waals surface area contributed by atoms with Crippen molar-refractivity contribution in [1.29, 1.82) is 0 Å². The highest BCUT2D eigenvalue weighted by molar-refractivity contribution is 5.82. The maximum Gasteiger partial charge on any atom is 0.136 e. The molecule has 0 spiro atoms. The molecule has 0 radical (unpaired) electrons. The smallest absolute Gasteiger partial charge is 0.136 e. The second-order valence-electron chi connectivity index (χ2n) is 7.59. The molecule has 0 N–H and O–H groups in total. The zero-order chi connectivity index (χ0) is 11.6. The molecule has 3 saturated carbocycles. The highest BCUT2D eigenvalue weighted by Gasteiger charge is 2.56. The number of fused-ring (bicyclic) bond motifs is 4. The minimum Gasteiger partial charge on any atom is -0.299 e. The van der Waals surface area contributed by atoms with Crippen LogP contribution in [0.25, 0.3) is 0 Å². The van der Waals surface area contributed by atoms with Gasteiger partial charge in [0.15, 0.2) is 0 Å². The standard InChI is InChI=1S/C15H24O/c1-14(2)8-10-11-9-15(3,6-4-12(10)14)7-5-13(11)16/h10-12H,4-9H2,1-3H3. The first-order chi connectivity index (χ1) is 7.41. The minimum absolute atomic E-state index is 0.430. The molecule has 1 heteroatoms. The van der Waals surface area contributed by atoms with Crippen LogP contribution in [0.4, 0.5) is 0 Å². The largest absolute Gasteiger partial charge is 0.299 e. The van der Waals surface area contributed by atoms with E-state index in [2.05, 4.69) is 20.8 Å². The Kier molecular flexibility index (Phi) is 2.10. The molecule has 90 valence electrons. The average molecular weight is 220 g/mol. The fourth-order valence-electron chi connectivity index (χ4n) is 4.83. The van der Waals surface area contributed by atoms with Gasteiger partial charge in [0, 0.05) is 12.3 Å². The molecule has 0 heterocycles. The lowest BCUT2D eigenvalue weighted by molar-refractivity contribution is -0.135. The first-order valence-corrected chi connectivity index (χ1v) is 6.94. The number of carbonyl (C=O) groups is 1. The van der Waals surface area contributed by atoms with E-state index in [1.807, 2.05) is 0 Å². The van der Waals surface area contributed by atoms with Crippen LogP contribution >= 0.6 is 0 Å². The Labute approximate surface area is 99.0 Å². The quantitative estimate of drug-likeness (QED) is 0.606. The Morgan fingerprint density at radius 3 is 2.56 bits per heavy atom. The van der Waals surface area contributed by atoms with E-state index < -0.39 is 0 Å². The first-order valence-electron chi connectivity index (χ1n) is 6.94. The molecule has 1 nitrogen and oxygen atoms in total. The molecule has 3 rings (SSSR count). The topological polar surface area (TPSA) is 17.1 Å². The summed E-state index contributed by atoms with van der Waals surface area (Å²) in [7, 11) is 0. The Balaban J connectivity index is 1.90. The Hall–Kier alpha value is -0.330. The van der Waals surface area contributed by atoms with Gasteiger partial charge >= 0.3 is 0 Å². The predicted octanol–water partition coefficient (Wildman–Crippen LogP) is 3.82. The molecular weight excluding hydrogens is 196 g/mol. The molecule has 4 atom stereocenters. The molecule has 3 fully saturated rings. The highest BCUT2D eigenvalue weighted by Crippen LogP contribution is 2.62. The van der Waals surface area contributed by atoms with Gasteiger partial charge < -0.3 is 0 Å². The van der Waals surface area contributed by atoms with Crippen molar-refractivity contribution in [2.45, 2.75) is 59.3 Å². The Bertz CT molecular complexity index is 330. The summed E-state index contributed by atoms with van der Waals surface area (Å²) in [6.07, 6.45) is 7.25. The lowest BCUT2D eigenvalue weighted by Crippen LogP contribution is -2.48. The number of hydrogen-bond donors (Lipinski definition) is 0. The molecule has 0 aromatic rings. The number of ketones is 1. The first kappa shape index (κ1) is 10.8. The fourth-order valence-corrected chi connectivity index (χ4v) is 4.83. The normalized spacial score (nSPS) is 50.2. The Morgan fingerprint density at radius 1 is 1.12 bits per heavy atom. The number of hydrogen-bond acceptors (Lipinski definition) is 1. The Morgan fingerprint density at radius 2 is 1.88 bits per heavy atom. The number of carbonyl (C=O) groups excluding carboxylic acids is 1. The van der Waals surface area contributed by atoms with Crippen LogP contribution in [-0.2, 0) is 4.79 Å². The van der Waals surface area contributed by atoms with Crippen LogP contribution in [0.3, 0.4) is 0 Å². The predicted molar refractivity (Wildman–Crippen MR) is 65.1 cm³/mol. The van der Waals surface area contributed by atoms with Crippen molar-refractivity contribution in [3.63, 3.8) is 0 Å². The van der Waals surface area contributed by atoms with Gasteiger partial charge in [0.05, 0.1) is 0 Å². The molecular formula is C15H24O. The van der Waals surface area contributed by atoms with Gasteiger partial charge in [-0.25, -0.2) is 0 Å². The van der Waals surface area contributed by atoms with E-state index >= 15 is 0 Å². The van der Waals surface area contributed by atoms with Crippen LogP contribution in [0, 0.1) is 28.6 Å². The third kappa shape index (κ3) is 1.39. The summed E-state index contributed by atoms with van der Waals surface area (Å²) in [5.41, 5.74) is 1.00. The third-order valence-electron chi connectivity index (χ3n) is 5.96. The van der Waals surface area contributed by atoms with Crippen LogP contribution in [0.5, 0.6) is 0 Å². The van der Waals surface area contributed by atoms with Crippen molar-refractivity contribution in [2.75, 3.05) is 0 Å². The van der Waals surface area contributed by atoms with Crippen LogP contribution in [0.2, 0.25) is 0 Å². The average Bonchev–Trinajstić information content (AvgIpc) is 2.28. The highest BCUT2D eigenvalue weighted by atomic mass is 16.1. The van der Waals surface area contributed by atoms with Crippen molar-refractivity contribution in [3.05, 3.63) is 0 Å². The fraction of sp³-hybridized carbons (Fsp3) is 0.933. The second-order valence-corrected chi connectivity index (χ2v) is 7.59. The summed E-state index contributed by atoms with van der Waals surface area (Å²) in [4.78, 5) is 12.1. The van der Waals surface area contributed by atoms with Crippen molar-refractivity contribution < 1.29 is 4.79 Å². The molecule has 16 heavy (non-hydrogen) atoms. The van der Waals surface area contributed by atoms with Crippen molar-refractivity contribution in [2.24, 2.45) is 28.6 Å². The summed E-state index contributed by atoms with van der Waals surface area (Å²) in [5.74, 6) is 2.59. The zero-order valence-corrected chi connectivity index (χ0v) is 10.9. The van der Waals surface area contributed by atoms with Gasteiger partial charge in [0.2, 0.25) is 0 Å². The monoisotopic (exact) mass is 220 g/mol. The summed E-state index contributed by atoms with van der Waals surface area (Å²) >= 11 is 0. The summed E-state index contributed by atoms with van der Waals surface area (Å²) in [5, 5.41) is 0. The van der Waals surface area contributed by atoms with E-state index in [0.29, 0.717) is 22.5 Å². The molecule has 4 unspecified atom stereocenters. The van der Waals surface area contributed by atoms with E-state index in [0.717, 1.165) is 24.7 Å². The van der Waals surface area contributed by atoms with Gasteiger partial charge in [-0.1, -0.05) is 20.8 Å². The van der Waals surface area contributed by atoms with E-state index in [1.165, 1.54) is 25.7 Å². The van der Waals surface area contributed by atoms with E-state index in [1.54, 1.807) is 0 Å². The third-order valence-corrected chi connectivity index (χ3v) is 5.96. The van der Waals surface area contributed by atoms with Gasteiger partial charge in [-0.3, -0.25) is 4.79 Å². The lowest BCUT2D eigenvalue weighted by atomic mass is 9.50. The molecule has 0 saturated heterocycles. The lowest BCUT2D eigenvalue weighted by Gasteiger charge is -2.54. The number of Topliss-reactive ketones (excluding diaryl/α,β-unsaturated/α-hetero) is 1. The maximum atomic E-state index is 12.1. The molecule has 0 aliphatic heterocycles.